The maximum absolute atomic E-state index is 4.57. The standard InChI is InChI=1S/C10H15.C8H12.ClH.Ru/c1-6-7(2)9(4)10(5)8(6)3;1-2-4-6-8-7-5-3-1;;/h1-5H3;1-2,7-8H,3-6H2;1H;/q;;;+1/p-1/b;2-1-,8-7-;;. The Morgan fingerprint density at radius 3 is 1.00 bits per heavy atom. The van der Waals surface area contributed by atoms with Crippen molar-refractivity contribution < 1.29 is 17.3 Å². The number of allylic oxidation sites excluding steroid dienone is 8. The first-order valence-corrected chi connectivity index (χ1v) is 9.42. The van der Waals surface area contributed by atoms with Crippen LogP contribution in [0, 0.1) is 5.92 Å². The Hall–Kier alpha value is -0.127. The Morgan fingerprint density at radius 2 is 0.850 bits per heavy atom. The second-order valence-corrected chi connectivity index (χ2v) is 5.22. The topological polar surface area (TPSA) is 0 Å². The van der Waals surface area contributed by atoms with Crippen molar-refractivity contribution in [2.45, 2.75) is 60.3 Å². The van der Waals surface area contributed by atoms with Gasteiger partial charge in [-0.1, -0.05) is 42.4 Å². The molecule has 0 heterocycles. The van der Waals surface area contributed by atoms with E-state index in [1.165, 1.54) is 53.9 Å². The van der Waals surface area contributed by atoms with Crippen LogP contribution in [0.3, 0.4) is 0 Å². The van der Waals surface area contributed by atoms with E-state index < -0.39 is 0 Å². The van der Waals surface area contributed by atoms with Crippen LogP contribution in [0.4, 0.5) is 0 Å². The van der Waals surface area contributed by atoms with Crippen molar-refractivity contribution in [2.75, 3.05) is 0 Å². The summed E-state index contributed by atoms with van der Waals surface area (Å²) in [7, 11) is 4.57. The van der Waals surface area contributed by atoms with E-state index in [2.05, 4.69) is 68.6 Å². The molecule has 0 nitrogen and oxygen atoms in total. The van der Waals surface area contributed by atoms with Crippen LogP contribution in [0.25, 0.3) is 0 Å². The van der Waals surface area contributed by atoms with Crippen molar-refractivity contribution in [1.82, 2.24) is 0 Å². The van der Waals surface area contributed by atoms with Crippen LogP contribution < -0.4 is 0 Å². The second-order valence-electron chi connectivity index (χ2n) is 5.22. The average Bonchev–Trinajstić information content (AvgIpc) is 2.59. The third kappa shape index (κ3) is 6.55. The van der Waals surface area contributed by atoms with Gasteiger partial charge in [0.2, 0.25) is 0 Å². The number of hydrogen-bond donors (Lipinski definition) is 0. The fourth-order valence-corrected chi connectivity index (χ4v) is 2.26. The summed E-state index contributed by atoms with van der Waals surface area (Å²) in [4.78, 5) is 0. The molecule has 2 rings (SSSR count). The van der Waals surface area contributed by atoms with E-state index in [0.717, 1.165) is 0 Å². The second kappa shape index (κ2) is 11.5. The number of hydrogen-bond acceptors (Lipinski definition) is 0. The molecule has 0 saturated heterocycles. The average molecular weight is 380 g/mol. The van der Waals surface area contributed by atoms with Crippen LogP contribution >= 0.6 is 9.69 Å². The van der Waals surface area contributed by atoms with Gasteiger partial charge in [0.05, 0.1) is 0 Å². The summed E-state index contributed by atoms with van der Waals surface area (Å²) >= 11 is 1.82. The van der Waals surface area contributed by atoms with Crippen molar-refractivity contribution in [3.63, 3.8) is 0 Å². The van der Waals surface area contributed by atoms with Crippen LogP contribution in [0.15, 0.2) is 46.6 Å². The van der Waals surface area contributed by atoms with E-state index in [0.29, 0.717) is 0 Å². The Bertz CT molecular complexity index is 350. The molecule has 0 unspecified atom stereocenters. The van der Waals surface area contributed by atoms with E-state index in [9.17, 15) is 0 Å². The monoisotopic (exact) mass is 380 g/mol. The summed E-state index contributed by atoms with van der Waals surface area (Å²) in [5.41, 5.74) is 5.87. The summed E-state index contributed by atoms with van der Waals surface area (Å²) in [6, 6.07) is 0. The van der Waals surface area contributed by atoms with Gasteiger partial charge < -0.3 is 0 Å². The van der Waals surface area contributed by atoms with Crippen LogP contribution in [-0.4, -0.2) is 0 Å². The van der Waals surface area contributed by atoms with E-state index in [1.807, 2.05) is 17.3 Å². The molecule has 0 bridgehead atoms. The van der Waals surface area contributed by atoms with Gasteiger partial charge in [0.25, 0.3) is 0 Å². The van der Waals surface area contributed by atoms with Gasteiger partial charge in [-0.2, -0.15) is 0 Å². The normalized spacial score (nSPS) is 22.1. The van der Waals surface area contributed by atoms with Gasteiger partial charge in [-0.15, -0.1) is 0 Å². The summed E-state index contributed by atoms with van der Waals surface area (Å²) in [5.74, 6) is 1.47. The molecule has 0 fully saturated rings. The molecule has 0 saturated carbocycles. The van der Waals surface area contributed by atoms with E-state index in [1.54, 1.807) is 0 Å². The molecule has 2 aliphatic carbocycles. The Morgan fingerprint density at radius 1 is 0.600 bits per heavy atom. The third-order valence-corrected chi connectivity index (χ3v) is 4.15. The SMILES string of the molecule is C1=C\CC/C=C\CC/1.C[C]1C(C)=C(C)C(C)=C1C.[Cl][Ru]. The van der Waals surface area contributed by atoms with Crippen LogP contribution in [-0.2, 0) is 17.3 Å². The fraction of sp³-hybridized carbons (Fsp3) is 0.500. The molecule has 2 heteroatoms. The van der Waals surface area contributed by atoms with Crippen molar-refractivity contribution in [3.05, 3.63) is 52.5 Å². The number of halogens is 1. The van der Waals surface area contributed by atoms with E-state index in [-0.39, 0.29) is 0 Å². The minimum absolute atomic E-state index is 1.23. The summed E-state index contributed by atoms with van der Waals surface area (Å²) < 4.78 is 0. The zero-order valence-corrected chi connectivity index (χ0v) is 15.9. The molecule has 0 aromatic carbocycles. The van der Waals surface area contributed by atoms with Gasteiger partial charge in [-0.25, -0.2) is 0 Å². The predicted octanol–water partition coefficient (Wildman–Crippen LogP) is 6.63. The first kappa shape index (κ1) is 19.9. The Labute approximate surface area is 139 Å². The molecule has 20 heavy (non-hydrogen) atoms. The summed E-state index contributed by atoms with van der Waals surface area (Å²) in [5, 5.41) is 0. The van der Waals surface area contributed by atoms with Gasteiger partial charge in [-0.3, -0.25) is 0 Å². The van der Waals surface area contributed by atoms with Gasteiger partial charge in [0.15, 0.2) is 0 Å². The molecule has 1 radical (unpaired) electrons. The fourth-order valence-electron chi connectivity index (χ4n) is 2.26. The molecule has 2 aliphatic rings. The van der Waals surface area contributed by atoms with Crippen molar-refractivity contribution in [2.24, 2.45) is 0 Å². The summed E-state index contributed by atoms with van der Waals surface area (Å²) in [6.07, 6.45) is 14.0. The van der Waals surface area contributed by atoms with E-state index in [4.69, 9.17) is 0 Å². The quantitative estimate of drug-likeness (QED) is 0.327. The molecule has 114 valence electrons. The van der Waals surface area contributed by atoms with Crippen LogP contribution in [0.2, 0.25) is 0 Å². The summed E-state index contributed by atoms with van der Waals surface area (Å²) in [6.45, 7) is 11.0. The molecule has 0 spiro atoms. The van der Waals surface area contributed by atoms with E-state index >= 15 is 0 Å². The van der Waals surface area contributed by atoms with Crippen LogP contribution in [0.5, 0.6) is 0 Å². The molecular weight excluding hydrogens is 353 g/mol. The molecule has 0 N–H and O–H groups in total. The van der Waals surface area contributed by atoms with Crippen molar-refractivity contribution in [3.8, 4) is 0 Å². The first-order chi connectivity index (χ1) is 9.55. The van der Waals surface area contributed by atoms with Gasteiger partial charge in [-0.05, 0) is 64.5 Å². The Kier molecular flexibility index (Phi) is 11.5. The molecule has 0 aliphatic heterocycles. The Balaban J connectivity index is 0.000000327. The van der Waals surface area contributed by atoms with Gasteiger partial charge in [0.1, 0.15) is 0 Å². The third-order valence-electron chi connectivity index (χ3n) is 4.15. The molecule has 0 aromatic heterocycles. The van der Waals surface area contributed by atoms with Crippen molar-refractivity contribution in [1.29, 1.82) is 0 Å². The van der Waals surface area contributed by atoms with Gasteiger partial charge in [0, 0.05) is 5.92 Å². The van der Waals surface area contributed by atoms with Gasteiger partial charge >= 0.3 is 27.0 Å². The molecule has 0 amide bonds. The molecular formula is C18H27ClRu. The van der Waals surface area contributed by atoms with Crippen LogP contribution in [0.1, 0.15) is 60.3 Å². The first-order valence-electron chi connectivity index (χ1n) is 7.18. The predicted molar refractivity (Wildman–Crippen MR) is 88.3 cm³/mol. The zero-order valence-electron chi connectivity index (χ0n) is 13.4. The van der Waals surface area contributed by atoms with Crippen molar-refractivity contribution >= 4 is 9.69 Å². The molecule has 0 atom stereocenters. The number of rotatable bonds is 0. The zero-order chi connectivity index (χ0) is 15.5. The minimum atomic E-state index is 1.23. The maximum atomic E-state index is 4.57. The molecule has 0 aromatic rings.